The van der Waals surface area contributed by atoms with E-state index in [9.17, 15) is 9.59 Å². The standard InChI is InChI=1S/C22H25NO6/c1-27-19-9-6-5-8-17(19)18(24)12-11-16-14-20(21(28-2)15-23-16)29-13-7-3-4-10-22(25)26/h5-6,8-9,11-12,14-15H,3-4,7,10,13H2,1-2H3,(H,25,26). The van der Waals surface area contributed by atoms with Gasteiger partial charge in [0.1, 0.15) is 5.75 Å². The number of ketones is 1. The lowest BCUT2D eigenvalue weighted by Gasteiger charge is -2.11. The van der Waals surface area contributed by atoms with Gasteiger partial charge in [-0.3, -0.25) is 14.6 Å². The van der Waals surface area contributed by atoms with Crippen LogP contribution in [0.25, 0.3) is 6.08 Å². The maximum atomic E-state index is 12.4. The van der Waals surface area contributed by atoms with Gasteiger partial charge >= 0.3 is 5.97 Å². The third kappa shape index (κ3) is 6.95. The molecule has 29 heavy (non-hydrogen) atoms. The molecule has 0 saturated carbocycles. The average Bonchev–Trinajstić information content (AvgIpc) is 2.74. The predicted molar refractivity (Wildman–Crippen MR) is 109 cm³/mol. The molecular weight excluding hydrogens is 374 g/mol. The minimum Gasteiger partial charge on any atom is -0.496 e. The van der Waals surface area contributed by atoms with Gasteiger partial charge in [0.15, 0.2) is 17.3 Å². The number of aromatic nitrogens is 1. The molecule has 2 rings (SSSR count). The van der Waals surface area contributed by atoms with Gasteiger partial charge in [0.05, 0.1) is 38.3 Å². The summed E-state index contributed by atoms with van der Waals surface area (Å²) in [7, 11) is 3.05. The van der Waals surface area contributed by atoms with Crippen molar-refractivity contribution in [3.05, 3.63) is 53.9 Å². The molecule has 0 spiro atoms. The minimum absolute atomic E-state index is 0.160. The van der Waals surface area contributed by atoms with Crippen LogP contribution < -0.4 is 14.2 Å². The number of allylic oxidation sites excluding steroid dienone is 1. The van der Waals surface area contributed by atoms with Crippen molar-refractivity contribution in [3.8, 4) is 17.2 Å². The fourth-order valence-electron chi connectivity index (χ4n) is 2.63. The number of nitrogens with zero attached hydrogens (tertiary/aromatic N) is 1. The molecule has 0 amide bonds. The Labute approximate surface area is 169 Å². The van der Waals surface area contributed by atoms with E-state index < -0.39 is 5.97 Å². The molecule has 0 aliphatic rings. The highest BCUT2D eigenvalue weighted by Gasteiger charge is 2.10. The quantitative estimate of drug-likeness (QED) is 0.327. The monoisotopic (exact) mass is 399 g/mol. The van der Waals surface area contributed by atoms with Crippen molar-refractivity contribution in [2.24, 2.45) is 0 Å². The van der Waals surface area contributed by atoms with E-state index in [4.69, 9.17) is 19.3 Å². The molecule has 1 N–H and O–H groups in total. The largest absolute Gasteiger partial charge is 0.496 e. The van der Waals surface area contributed by atoms with E-state index in [0.717, 1.165) is 12.8 Å². The van der Waals surface area contributed by atoms with Crippen molar-refractivity contribution in [1.29, 1.82) is 0 Å². The number of pyridine rings is 1. The number of para-hydroxylation sites is 1. The van der Waals surface area contributed by atoms with Gasteiger partial charge in [-0.15, -0.1) is 0 Å². The summed E-state index contributed by atoms with van der Waals surface area (Å²) in [6, 6.07) is 8.70. The zero-order valence-corrected chi connectivity index (χ0v) is 16.6. The number of benzene rings is 1. The normalized spacial score (nSPS) is 10.7. The SMILES string of the molecule is COc1cnc(C=CC(=O)c2ccccc2OC)cc1OCCCCCC(=O)O. The first kappa shape index (κ1) is 21.9. The molecule has 154 valence electrons. The summed E-state index contributed by atoms with van der Waals surface area (Å²) in [5, 5.41) is 8.65. The zero-order chi connectivity index (χ0) is 21.1. The number of hydrogen-bond donors (Lipinski definition) is 1. The van der Waals surface area contributed by atoms with Crippen LogP contribution in [0.5, 0.6) is 17.2 Å². The fourth-order valence-corrected chi connectivity index (χ4v) is 2.63. The summed E-state index contributed by atoms with van der Waals surface area (Å²) >= 11 is 0. The summed E-state index contributed by atoms with van der Waals surface area (Å²) in [5.74, 6) is 0.535. The molecule has 0 radical (unpaired) electrons. The third-order valence-electron chi connectivity index (χ3n) is 4.14. The van der Waals surface area contributed by atoms with Crippen molar-refractivity contribution in [2.75, 3.05) is 20.8 Å². The van der Waals surface area contributed by atoms with Gasteiger partial charge < -0.3 is 19.3 Å². The van der Waals surface area contributed by atoms with Crippen molar-refractivity contribution >= 4 is 17.8 Å². The van der Waals surface area contributed by atoms with Crippen molar-refractivity contribution in [1.82, 2.24) is 4.98 Å². The molecule has 0 bridgehead atoms. The van der Waals surface area contributed by atoms with E-state index in [1.165, 1.54) is 26.5 Å². The van der Waals surface area contributed by atoms with Crippen LogP contribution in [0.3, 0.4) is 0 Å². The van der Waals surface area contributed by atoms with Gasteiger partial charge in [-0.05, 0) is 43.5 Å². The van der Waals surface area contributed by atoms with E-state index in [1.54, 1.807) is 36.4 Å². The molecule has 0 atom stereocenters. The predicted octanol–water partition coefficient (Wildman–Crippen LogP) is 4.02. The molecule has 1 heterocycles. The Bertz CT molecular complexity index is 862. The van der Waals surface area contributed by atoms with Gasteiger partial charge in [-0.2, -0.15) is 0 Å². The van der Waals surface area contributed by atoms with Crippen LogP contribution in [0.15, 0.2) is 42.6 Å². The Kier molecular flexibility index (Phi) is 8.69. The second kappa shape index (κ2) is 11.5. The van der Waals surface area contributed by atoms with Gasteiger partial charge in [-0.1, -0.05) is 12.1 Å². The zero-order valence-electron chi connectivity index (χ0n) is 16.6. The Morgan fingerprint density at radius 2 is 1.79 bits per heavy atom. The molecule has 0 unspecified atom stereocenters. The summed E-state index contributed by atoms with van der Waals surface area (Å²) in [5.41, 5.74) is 1.02. The Morgan fingerprint density at radius 3 is 2.52 bits per heavy atom. The van der Waals surface area contributed by atoms with Crippen LogP contribution in [0.1, 0.15) is 41.7 Å². The van der Waals surface area contributed by atoms with Gasteiger partial charge in [-0.25, -0.2) is 0 Å². The summed E-state index contributed by atoms with van der Waals surface area (Å²) in [6.45, 7) is 0.434. The molecule has 1 aromatic heterocycles. The molecular formula is C22H25NO6. The number of aliphatic carboxylic acids is 1. The first-order valence-electron chi connectivity index (χ1n) is 9.29. The highest BCUT2D eigenvalue weighted by molar-refractivity contribution is 6.08. The van der Waals surface area contributed by atoms with E-state index in [1.807, 2.05) is 0 Å². The van der Waals surface area contributed by atoms with Crippen LogP contribution in [-0.2, 0) is 4.79 Å². The maximum Gasteiger partial charge on any atom is 0.303 e. The van der Waals surface area contributed by atoms with Crippen molar-refractivity contribution < 1.29 is 28.9 Å². The number of rotatable bonds is 12. The Morgan fingerprint density at radius 1 is 1.03 bits per heavy atom. The van der Waals surface area contributed by atoms with Gasteiger partial charge in [0.2, 0.25) is 0 Å². The van der Waals surface area contributed by atoms with Gasteiger partial charge in [0, 0.05) is 12.5 Å². The molecule has 0 aliphatic heterocycles. The number of carboxylic acid groups (broad SMARTS) is 1. The third-order valence-corrected chi connectivity index (χ3v) is 4.14. The van der Waals surface area contributed by atoms with Gasteiger partial charge in [0.25, 0.3) is 0 Å². The lowest BCUT2D eigenvalue weighted by Crippen LogP contribution is -2.02. The number of methoxy groups -OCH3 is 2. The minimum atomic E-state index is -0.791. The van der Waals surface area contributed by atoms with Crippen LogP contribution in [0.4, 0.5) is 0 Å². The highest BCUT2D eigenvalue weighted by atomic mass is 16.5. The molecule has 7 heteroatoms. The molecule has 0 saturated heterocycles. The smallest absolute Gasteiger partial charge is 0.303 e. The van der Waals surface area contributed by atoms with Crippen molar-refractivity contribution in [2.45, 2.75) is 25.7 Å². The van der Waals surface area contributed by atoms with E-state index in [-0.39, 0.29) is 12.2 Å². The molecule has 0 fully saturated rings. The number of carbonyl (C=O) groups excluding carboxylic acids is 1. The number of ether oxygens (including phenoxy) is 3. The molecule has 7 nitrogen and oxygen atoms in total. The number of carboxylic acids is 1. The number of unbranched alkanes of at least 4 members (excludes halogenated alkanes) is 2. The first-order valence-corrected chi connectivity index (χ1v) is 9.29. The van der Waals surface area contributed by atoms with Crippen LogP contribution in [-0.4, -0.2) is 42.7 Å². The average molecular weight is 399 g/mol. The second-order valence-corrected chi connectivity index (χ2v) is 6.21. The summed E-state index contributed by atoms with van der Waals surface area (Å²) in [4.78, 5) is 27.2. The topological polar surface area (TPSA) is 95.0 Å². The highest BCUT2D eigenvalue weighted by Crippen LogP contribution is 2.27. The first-order chi connectivity index (χ1) is 14.0. The van der Waals surface area contributed by atoms with E-state index in [0.29, 0.717) is 41.5 Å². The van der Waals surface area contributed by atoms with Crippen molar-refractivity contribution in [3.63, 3.8) is 0 Å². The number of hydrogen-bond acceptors (Lipinski definition) is 6. The van der Waals surface area contributed by atoms with E-state index >= 15 is 0 Å². The lowest BCUT2D eigenvalue weighted by molar-refractivity contribution is -0.137. The summed E-state index contributed by atoms with van der Waals surface area (Å²) in [6.07, 6.45) is 6.85. The second-order valence-electron chi connectivity index (χ2n) is 6.21. The Balaban J connectivity index is 2.00. The molecule has 1 aromatic carbocycles. The molecule has 0 aliphatic carbocycles. The van der Waals surface area contributed by atoms with Crippen LogP contribution in [0.2, 0.25) is 0 Å². The molecule has 2 aromatic rings. The number of carbonyl (C=O) groups is 2. The van der Waals surface area contributed by atoms with Crippen LogP contribution >= 0.6 is 0 Å². The Hall–Kier alpha value is -3.35. The fraction of sp³-hybridized carbons (Fsp3) is 0.318. The van der Waals surface area contributed by atoms with Crippen LogP contribution in [0, 0.1) is 0 Å². The lowest BCUT2D eigenvalue weighted by atomic mass is 10.1. The maximum absolute atomic E-state index is 12.4. The van der Waals surface area contributed by atoms with E-state index in [2.05, 4.69) is 4.98 Å². The summed E-state index contributed by atoms with van der Waals surface area (Å²) < 4.78 is 16.2.